The van der Waals surface area contributed by atoms with Crippen molar-refractivity contribution in [1.29, 1.82) is 0 Å². The molecular weight excluding hydrogens is 274 g/mol. The maximum Gasteiger partial charge on any atom is 0.122 e. The van der Waals surface area contributed by atoms with Crippen molar-refractivity contribution in [3.05, 3.63) is 65.2 Å². The molecule has 3 nitrogen and oxygen atoms in total. The first-order chi connectivity index (χ1) is 10.8. The molecule has 22 heavy (non-hydrogen) atoms. The van der Waals surface area contributed by atoms with Crippen molar-refractivity contribution < 1.29 is 9.84 Å². The van der Waals surface area contributed by atoms with E-state index >= 15 is 0 Å². The molecule has 0 aliphatic carbocycles. The van der Waals surface area contributed by atoms with Gasteiger partial charge < -0.3 is 15.2 Å². The van der Waals surface area contributed by atoms with Crippen LogP contribution in [0.1, 0.15) is 16.7 Å². The Labute approximate surface area is 133 Å². The highest BCUT2D eigenvalue weighted by Crippen LogP contribution is 2.17. The van der Waals surface area contributed by atoms with E-state index in [4.69, 9.17) is 9.84 Å². The zero-order chi connectivity index (χ0) is 15.6. The first-order valence-electron chi connectivity index (χ1n) is 7.85. The number of benzene rings is 2. The monoisotopic (exact) mass is 299 g/mol. The SMILES string of the molecule is COc1ccccc1CCNCCc1cccc(CCO)c1. The van der Waals surface area contributed by atoms with Crippen LogP contribution in [0.3, 0.4) is 0 Å². The quantitative estimate of drug-likeness (QED) is 0.699. The third kappa shape index (κ3) is 5.17. The van der Waals surface area contributed by atoms with Crippen LogP contribution in [0.4, 0.5) is 0 Å². The summed E-state index contributed by atoms with van der Waals surface area (Å²) >= 11 is 0. The van der Waals surface area contributed by atoms with Crippen LogP contribution in [-0.4, -0.2) is 31.9 Å². The van der Waals surface area contributed by atoms with E-state index in [0.717, 1.165) is 38.1 Å². The van der Waals surface area contributed by atoms with Gasteiger partial charge in [-0.3, -0.25) is 0 Å². The number of para-hydroxylation sites is 1. The van der Waals surface area contributed by atoms with Gasteiger partial charge in [-0.25, -0.2) is 0 Å². The Kier molecular flexibility index (Phi) is 6.94. The number of hydrogen-bond donors (Lipinski definition) is 2. The van der Waals surface area contributed by atoms with Crippen molar-refractivity contribution in [3.8, 4) is 5.75 Å². The Hall–Kier alpha value is -1.84. The summed E-state index contributed by atoms with van der Waals surface area (Å²) in [6.45, 7) is 2.11. The lowest BCUT2D eigenvalue weighted by Crippen LogP contribution is -2.20. The van der Waals surface area contributed by atoms with Crippen molar-refractivity contribution >= 4 is 0 Å². The normalized spacial score (nSPS) is 10.6. The van der Waals surface area contributed by atoms with Gasteiger partial charge in [-0.05, 0) is 55.1 Å². The van der Waals surface area contributed by atoms with Crippen LogP contribution in [-0.2, 0) is 19.3 Å². The molecule has 0 saturated heterocycles. The highest BCUT2D eigenvalue weighted by molar-refractivity contribution is 5.33. The molecule has 0 aliphatic rings. The largest absolute Gasteiger partial charge is 0.496 e. The Morgan fingerprint density at radius 3 is 2.41 bits per heavy atom. The van der Waals surface area contributed by atoms with Gasteiger partial charge in [0.05, 0.1) is 7.11 Å². The topological polar surface area (TPSA) is 41.5 Å². The van der Waals surface area contributed by atoms with Gasteiger partial charge in [0.15, 0.2) is 0 Å². The molecule has 0 atom stereocenters. The Balaban J connectivity index is 1.72. The summed E-state index contributed by atoms with van der Waals surface area (Å²) < 4.78 is 5.36. The summed E-state index contributed by atoms with van der Waals surface area (Å²) in [6, 6.07) is 16.6. The van der Waals surface area contributed by atoms with Crippen LogP contribution in [0.25, 0.3) is 0 Å². The first-order valence-corrected chi connectivity index (χ1v) is 7.85. The minimum Gasteiger partial charge on any atom is -0.496 e. The van der Waals surface area contributed by atoms with E-state index in [-0.39, 0.29) is 6.61 Å². The molecule has 0 heterocycles. The first kappa shape index (κ1) is 16.5. The van der Waals surface area contributed by atoms with Gasteiger partial charge in [0.25, 0.3) is 0 Å². The van der Waals surface area contributed by atoms with Crippen LogP contribution >= 0.6 is 0 Å². The summed E-state index contributed by atoms with van der Waals surface area (Å²) in [6.07, 6.45) is 2.70. The van der Waals surface area contributed by atoms with E-state index in [1.807, 2.05) is 18.2 Å². The van der Waals surface area contributed by atoms with Crippen LogP contribution in [0, 0.1) is 0 Å². The fraction of sp³-hybridized carbons (Fsp3) is 0.368. The van der Waals surface area contributed by atoms with E-state index in [2.05, 4.69) is 35.6 Å². The molecule has 0 saturated carbocycles. The Morgan fingerprint density at radius 1 is 0.909 bits per heavy atom. The van der Waals surface area contributed by atoms with Gasteiger partial charge in [0.1, 0.15) is 5.75 Å². The third-order valence-corrected chi connectivity index (χ3v) is 3.75. The maximum absolute atomic E-state index is 8.99. The number of ether oxygens (including phenoxy) is 1. The van der Waals surface area contributed by atoms with E-state index in [9.17, 15) is 0 Å². The van der Waals surface area contributed by atoms with Crippen molar-refractivity contribution in [3.63, 3.8) is 0 Å². The average molecular weight is 299 g/mol. The van der Waals surface area contributed by atoms with Gasteiger partial charge in [-0.15, -0.1) is 0 Å². The molecule has 2 aromatic rings. The molecule has 0 aromatic heterocycles. The fourth-order valence-corrected chi connectivity index (χ4v) is 2.56. The second kappa shape index (κ2) is 9.23. The van der Waals surface area contributed by atoms with E-state index in [1.54, 1.807) is 7.11 Å². The van der Waals surface area contributed by atoms with Gasteiger partial charge in [0.2, 0.25) is 0 Å². The second-order valence-corrected chi connectivity index (χ2v) is 5.36. The second-order valence-electron chi connectivity index (χ2n) is 5.36. The molecule has 0 unspecified atom stereocenters. The summed E-state index contributed by atoms with van der Waals surface area (Å²) in [5.74, 6) is 0.959. The van der Waals surface area contributed by atoms with Gasteiger partial charge in [-0.1, -0.05) is 42.5 Å². The van der Waals surface area contributed by atoms with E-state index in [0.29, 0.717) is 0 Å². The molecular formula is C19H25NO2. The zero-order valence-electron chi connectivity index (χ0n) is 13.2. The lowest BCUT2D eigenvalue weighted by Gasteiger charge is -2.09. The number of aliphatic hydroxyl groups is 1. The molecule has 0 fully saturated rings. The molecule has 3 heteroatoms. The summed E-state index contributed by atoms with van der Waals surface area (Å²) in [5.41, 5.74) is 3.76. The molecule has 0 spiro atoms. The van der Waals surface area contributed by atoms with E-state index < -0.39 is 0 Å². The minimum atomic E-state index is 0.209. The van der Waals surface area contributed by atoms with Crippen molar-refractivity contribution in [2.75, 3.05) is 26.8 Å². The fourth-order valence-electron chi connectivity index (χ4n) is 2.56. The molecule has 2 aromatic carbocycles. The van der Waals surface area contributed by atoms with E-state index in [1.165, 1.54) is 16.7 Å². The highest BCUT2D eigenvalue weighted by atomic mass is 16.5. The maximum atomic E-state index is 8.99. The third-order valence-electron chi connectivity index (χ3n) is 3.75. The van der Waals surface area contributed by atoms with Crippen LogP contribution in [0.15, 0.2) is 48.5 Å². The molecule has 118 valence electrons. The van der Waals surface area contributed by atoms with Crippen molar-refractivity contribution in [2.45, 2.75) is 19.3 Å². The summed E-state index contributed by atoms with van der Waals surface area (Å²) in [4.78, 5) is 0. The summed E-state index contributed by atoms with van der Waals surface area (Å²) in [5, 5.41) is 12.5. The lowest BCUT2D eigenvalue weighted by atomic mass is 10.1. The number of hydrogen-bond acceptors (Lipinski definition) is 3. The Bertz CT molecular complexity index is 569. The Morgan fingerprint density at radius 2 is 1.64 bits per heavy atom. The molecule has 0 radical (unpaired) electrons. The number of nitrogens with one attached hydrogen (secondary N) is 1. The van der Waals surface area contributed by atoms with Crippen molar-refractivity contribution in [1.82, 2.24) is 5.32 Å². The minimum absolute atomic E-state index is 0.209. The zero-order valence-corrected chi connectivity index (χ0v) is 13.2. The number of methoxy groups -OCH3 is 1. The average Bonchev–Trinajstić information content (AvgIpc) is 2.55. The van der Waals surface area contributed by atoms with Crippen molar-refractivity contribution in [2.24, 2.45) is 0 Å². The predicted octanol–water partition coefficient (Wildman–Crippen LogP) is 2.60. The van der Waals surface area contributed by atoms with Gasteiger partial charge >= 0.3 is 0 Å². The van der Waals surface area contributed by atoms with Gasteiger partial charge in [0, 0.05) is 6.61 Å². The van der Waals surface area contributed by atoms with Crippen LogP contribution in [0.5, 0.6) is 5.75 Å². The van der Waals surface area contributed by atoms with Gasteiger partial charge in [-0.2, -0.15) is 0 Å². The van der Waals surface area contributed by atoms with Crippen LogP contribution < -0.4 is 10.1 Å². The molecule has 2 N–H and O–H groups in total. The summed E-state index contributed by atoms with van der Waals surface area (Å²) in [7, 11) is 1.71. The number of aliphatic hydroxyl groups excluding tert-OH is 1. The standard InChI is InChI=1S/C19H25NO2/c1-22-19-8-3-2-7-18(19)10-13-20-12-9-16-5-4-6-17(15-16)11-14-21/h2-8,15,20-21H,9-14H2,1H3. The molecule has 0 bridgehead atoms. The predicted molar refractivity (Wildman–Crippen MR) is 90.5 cm³/mol. The smallest absolute Gasteiger partial charge is 0.122 e. The highest BCUT2D eigenvalue weighted by Gasteiger charge is 2.01. The number of rotatable bonds is 9. The molecule has 0 amide bonds. The molecule has 0 aliphatic heterocycles. The van der Waals surface area contributed by atoms with Crippen LogP contribution in [0.2, 0.25) is 0 Å². The molecule has 2 rings (SSSR count). The lowest BCUT2D eigenvalue weighted by molar-refractivity contribution is 0.299.